The lowest BCUT2D eigenvalue weighted by Crippen LogP contribution is -2.26. The van der Waals surface area contributed by atoms with Crippen molar-refractivity contribution in [1.29, 1.82) is 0 Å². The highest BCUT2D eigenvalue weighted by Gasteiger charge is 2.25. The zero-order valence-electron chi connectivity index (χ0n) is 16.7. The number of aryl methyl sites for hydroxylation is 1. The van der Waals surface area contributed by atoms with Gasteiger partial charge in [0.05, 0.1) is 0 Å². The molecule has 0 spiro atoms. The summed E-state index contributed by atoms with van der Waals surface area (Å²) in [4.78, 5) is 37.0. The molecule has 0 aliphatic heterocycles. The van der Waals surface area contributed by atoms with Crippen molar-refractivity contribution in [2.24, 2.45) is 0 Å². The van der Waals surface area contributed by atoms with Crippen molar-refractivity contribution in [1.82, 2.24) is 0 Å². The second kappa shape index (κ2) is 10.2. The monoisotopic (exact) mass is 401 g/mol. The van der Waals surface area contributed by atoms with Crippen molar-refractivity contribution in [3.8, 4) is 0 Å². The fourth-order valence-electron chi connectivity index (χ4n) is 3.01. The van der Waals surface area contributed by atoms with Crippen LogP contribution >= 0.6 is 0 Å². The number of benzene rings is 3. The molecule has 1 atom stereocenters. The van der Waals surface area contributed by atoms with E-state index in [1.54, 1.807) is 48.5 Å². The average molecular weight is 401 g/mol. The van der Waals surface area contributed by atoms with Crippen LogP contribution in [0.25, 0.3) is 0 Å². The van der Waals surface area contributed by atoms with Gasteiger partial charge in [-0.3, -0.25) is 14.4 Å². The van der Waals surface area contributed by atoms with Crippen LogP contribution in [-0.4, -0.2) is 17.7 Å². The van der Waals surface area contributed by atoms with Crippen LogP contribution in [-0.2, 0) is 20.7 Å². The Bertz CT molecular complexity index is 1020. The molecule has 1 amide bonds. The van der Waals surface area contributed by atoms with Gasteiger partial charge in [-0.25, -0.2) is 0 Å². The van der Waals surface area contributed by atoms with Gasteiger partial charge in [-0.1, -0.05) is 72.8 Å². The minimum absolute atomic E-state index is 0.0990. The summed E-state index contributed by atoms with van der Waals surface area (Å²) in [5.41, 5.74) is 2.56. The minimum Gasteiger partial charge on any atom is -0.447 e. The molecule has 5 heteroatoms. The molecular weight excluding hydrogens is 378 g/mol. The van der Waals surface area contributed by atoms with E-state index in [1.807, 2.05) is 36.4 Å². The lowest BCUT2D eigenvalue weighted by molar-refractivity contribution is -0.154. The molecule has 0 heterocycles. The topological polar surface area (TPSA) is 72.5 Å². The van der Waals surface area contributed by atoms with Gasteiger partial charge in [-0.15, -0.1) is 0 Å². The highest BCUT2D eigenvalue weighted by molar-refractivity contribution is 5.99. The number of nitrogens with one attached hydrogen (secondary N) is 1. The highest BCUT2D eigenvalue weighted by atomic mass is 16.5. The number of esters is 1. The van der Waals surface area contributed by atoms with E-state index in [0.717, 1.165) is 5.56 Å². The summed E-state index contributed by atoms with van der Waals surface area (Å²) in [6.07, 6.45) is -0.389. The van der Waals surface area contributed by atoms with Gasteiger partial charge in [0.25, 0.3) is 5.91 Å². The Hall–Kier alpha value is -3.73. The van der Waals surface area contributed by atoms with E-state index >= 15 is 0 Å². The smallest absolute Gasteiger partial charge is 0.307 e. The quantitative estimate of drug-likeness (QED) is 0.437. The molecule has 0 saturated heterocycles. The molecule has 5 nitrogen and oxygen atoms in total. The largest absolute Gasteiger partial charge is 0.447 e. The first kappa shape index (κ1) is 21.0. The van der Waals surface area contributed by atoms with Gasteiger partial charge in [0, 0.05) is 23.2 Å². The summed E-state index contributed by atoms with van der Waals surface area (Å²) in [7, 11) is 0. The maximum absolute atomic E-state index is 12.9. The molecule has 3 rings (SSSR count). The summed E-state index contributed by atoms with van der Waals surface area (Å²) in [6.45, 7) is 1.46. The first-order valence-electron chi connectivity index (χ1n) is 9.73. The number of rotatable bonds is 8. The van der Waals surface area contributed by atoms with Crippen LogP contribution in [0.3, 0.4) is 0 Å². The maximum Gasteiger partial charge on any atom is 0.307 e. The van der Waals surface area contributed by atoms with E-state index < -0.39 is 18.0 Å². The number of hydrogen-bond acceptors (Lipinski definition) is 4. The molecule has 1 N–H and O–H groups in total. The molecule has 0 fully saturated rings. The molecule has 0 radical (unpaired) electrons. The average Bonchev–Trinajstić information content (AvgIpc) is 2.77. The van der Waals surface area contributed by atoms with Crippen LogP contribution in [0, 0.1) is 0 Å². The Labute approximate surface area is 175 Å². The number of ketones is 1. The summed E-state index contributed by atoms with van der Waals surface area (Å²) in [5.74, 6) is -1.03. The van der Waals surface area contributed by atoms with Crippen molar-refractivity contribution >= 4 is 23.3 Å². The molecular formula is C25H23NO4. The van der Waals surface area contributed by atoms with Gasteiger partial charge in [-0.2, -0.15) is 0 Å². The molecule has 0 aliphatic rings. The highest BCUT2D eigenvalue weighted by Crippen LogP contribution is 2.22. The van der Waals surface area contributed by atoms with Crippen LogP contribution in [0.4, 0.5) is 5.69 Å². The minimum atomic E-state index is -1.09. The Morgan fingerprint density at radius 3 is 2.20 bits per heavy atom. The zero-order chi connectivity index (χ0) is 21.3. The van der Waals surface area contributed by atoms with E-state index in [9.17, 15) is 14.4 Å². The predicted molar refractivity (Wildman–Crippen MR) is 115 cm³/mol. The van der Waals surface area contributed by atoms with Gasteiger partial charge in [0.2, 0.25) is 6.10 Å². The fraction of sp³-hybridized carbons (Fsp3) is 0.160. The number of carbonyl (C=O) groups is 3. The molecule has 0 unspecified atom stereocenters. The Morgan fingerprint density at radius 2 is 1.53 bits per heavy atom. The Balaban J connectivity index is 1.72. The number of ether oxygens (including phenoxy) is 1. The van der Waals surface area contributed by atoms with Crippen molar-refractivity contribution in [2.75, 3.05) is 5.32 Å². The first-order valence-corrected chi connectivity index (χ1v) is 9.73. The van der Waals surface area contributed by atoms with Gasteiger partial charge >= 0.3 is 5.97 Å². The lowest BCUT2D eigenvalue weighted by atomic mass is 10.1. The lowest BCUT2D eigenvalue weighted by Gasteiger charge is -2.18. The van der Waals surface area contributed by atoms with E-state index in [1.165, 1.54) is 6.92 Å². The van der Waals surface area contributed by atoms with Gasteiger partial charge in [0.15, 0.2) is 5.78 Å². The van der Waals surface area contributed by atoms with Crippen molar-refractivity contribution in [2.45, 2.75) is 25.9 Å². The molecule has 152 valence electrons. The number of amides is 1. The van der Waals surface area contributed by atoms with E-state index in [-0.39, 0.29) is 12.2 Å². The van der Waals surface area contributed by atoms with Crippen LogP contribution < -0.4 is 5.32 Å². The molecule has 0 bridgehead atoms. The van der Waals surface area contributed by atoms with Crippen molar-refractivity contribution in [3.05, 3.63) is 102 Å². The molecule has 30 heavy (non-hydrogen) atoms. The third-order valence-corrected chi connectivity index (χ3v) is 4.59. The molecule has 0 aliphatic carbocycles. The molecule has 0 aromatic heterocycles. The van der Waals surface area contributed by atoms with E-state index in [4.69, 9.17) is 4.74 Å². The fourth-order valence-corrected chi connectivity index (χ4v) is 3.01. The Morgan fingerprint density at radius 1 is 0.867 bits per heavy atom. The number of carbonyl (C=O) groups excluding carboxylic acids is 3. The van der Waals surface area contributed by atoms with Gasteiger partial charge in [0.1, 0.15) is 0 Å². The summed E-state index contributed by atoms with van der Waals surface area (Å²) >= 11 is 0. The van der Waals surface area contributed by atoms with Crippen LogP contribution in [0.5, 0.6) is 0 Å². The van der Waals surface area contributed by atoms with Crippen LogP contribution in [0.1, 0.15) is 40.9 Å². The number of anilines is 1. The standard InChI is InChI=1S/C25H23NO4/c1-18(27)21-13-8-14-22(17-21)26-25(29)24(20-11-6-3-7-12-20)30-23(28)16-15-19-9-4-2-5-10-19/h2-14,17,24H,15-16H2,1H3,(H,26,29)/t24-/m0/s1. The molecule has 3 aromatic rings. The first-order chi connectivity index (χ1) is 14.5. The third kappa shape index (κ3) is 5.88. The van der Waals surface area contributed by atoms with Gasteiger partial charge < -0.3 is 10.1 Å². The van der Waals surface area contributed by atoms with Crippen LogP contribution in [0.2, 0.25) is 0 Å². The van der Waals surface area contributed by atoms with Gasteiger partial charge in [-0.05, 0) is 31.0 Å². The summed E-state index contributed by atoms with van der Waals surface area (Å²) in [6, 6.07) is 25.1. The van der Waals surface area contributed by atoms with E-state index in [0.29, 0.717) is 23.2 Å². The maximum atomic E-state index is 12.9. The number of hydrogen-bond donors (Lipinski definition) is 1. The SMILES string of the molecule is CC(=O)c1cccc(NC(=O)[C@@H](OC(=O)CCc2ccccc2)c2ccccc2)c1. The molecule has 0 saturated carbocycles. The normalized spacial score (nSPS) is 11.4. The zero-order valence-corrected chi connectivity index (χ0v) is 16.7. The Kier molecular flexibility index (Phi) is 7.11. The van der Waals surface area contributed by atoms with Crippen molar-refractivity contribution < 1.29 is 19.1 Å². The van der Waals surface area contributed by atoms with Crippen LogP contribution in [0.15, 0.2) is 84.9 Å². The summed E-state index contributed by atoms with van der Waals surface area (Å²) < 4.78 is 5.55. The summed E-state index contributed by atoms with van der Waals surface area (Å²) in [5, 5.41) is 2.75. The van der Waals surface area contributed by atoms with Crippen molar-refractivity contribution in [3.63, 3.8) is 0 Å². The predicted octanol–water partition coefficient (Wildman–Crippen LogP) is 4.75. The second-order valence-corrected chi connectivity index (χ2v) is 6.89. The second-order valence-electron chi connectivity index (χ2n) is 6.89. The molecule has 3 aromatic carbocycles. The third-order valence-electron chi connectivity index (χ3n) is 4.59. The van der Waals surface area contributed by atoms with E-state index in [2.05, 4.69) is 5.32 Å². The number of Topliss-reactive ketones (excluding diaryl/α,β-unsaturated/α-hetero) is 1.